The number of nitrogens with one attached hydrogen (secondary N) is 2. The molecule has 7 heteroatoms. The van der Waals surface area contributed by atoms with Gasteiger partial charge in [0.2, 0.25) is 17.7 Å². The van der Waals surface area contributed by atoms with Gasteiger partial charge in [-0.1, -0.05) is 38.0 Å². The maximum atomic E-state index is 13.4. The molecule has 1 aliphatic rings. The Bertz CT molecular complexity index is 1190. The summed E-state index contributed by atoms with van der Waals surface area (Å²) in [4.78, 5) is 39.5. The van der Waals surface area contributed by atoms with Gasteiger partial charge in [0, 0.05) is 20.4 Å². The molecular weight excluding hydrogens is 334 g/mol. The molecule has 142 valence electrons. The zero-order valence-electron chi connectivity index (χ0n) is 26.4. The molecule has 3 amide bonds. The topological polar surface area (TPSA) is 98.7 Å². The zero-order chi connectivity index (χ0) is 30.0. The van der Waals surface area contributed by atoms with Crippen LogP contribution in [0.2, 0.25) is 0 Å². The third kappa shape index (κ3) is 4.40. The highest BCUT2D eigenvalue weighted by molar-refractivity contribution is 5.93. The maximum Gasteiger partial charge on any atom is 0.249 e. The molecule has 0 fully saturated rings. The summed E-state index contributed by atoms with van der Waals surface area (Å²) in [7, 11) is 0.891. The predicted octanol–water partition coefficient (Wildman–Crippen LogP) is 0.380. The van der Waals surface area contributed by atoms with Gasteiger partial charge in [0.15, 0.2) is 0 Å². The zero-order valence-corrected chi connectivity index (χ0v) is 14.4. The fourth-order valence-electron chi connectivity index (χ4n) is 2.02. The molecule has 7 nitrogen and oxygen atoms in total. The van der Waals surface area contributed by atoms with Crippen LogP contribution in [0.1, 0.15) is 54.3 Å². The highest BCUT2D eigenvalue weighted by atomic mass is 16.3. The number of carbonyl (C=O) groups excluding carboxylic acids is 3. The van der Waals surface area contributed by atoms with Gasteiger partial charge in [-0.15, -0.1) is 0 Å². The van der Waals surface area contributed by atoms with Crippen molar-refractivity contribution in [3.05, 3.63) is 35.3 Å². The first kappa shape index (κ1) is 8.99. The van der Waals surface area contributed by atoms with Crippen LogP contribution in [0.15, 0.2) is 24.2 Å². The summed E-state index contributed by atoms with van der Waals surface area (Å²) < 4.78 is 96.6. The van der Waals surface area contributed by atoms with Crippen molar-refractivity contribution in [2.75, 3.05) is 13.5 Å². The number of amides is 3. The molecule has 3 N–H and O–H groups in total. The Morgan fingerprint density at radius 3 is 2.81 bits per heavy atom. The van der Waals surface area contributed by atoms with Crippen molar-refractivity contribution in [2.24, 2.45) is 5.92 Å². The van der Waals surface area contributed by atoms with Crippen molar-refractivity contribution in [1.29, 1.82) is 0 Å². The van der Waals surface area contributed by atoms with Crippen LogP contribution in [0.3, 0.4) is 0 Å². The summed E-state index contributed by atoms with van der Waals surface area (Å²) in [6.45, 7) is -3.90. The van der Waals surface area contributed by atoms with Crippen LogP contribution in [0.25, 0.3) is 0 Å². The quantitative estimate of drug-likeness (QED) is 0.695. The number of benzene rings is 1. The van der Waals surface area contributed by atoms with Crippen LogP contribution < -0.4 is 10.6 Å². The van der Waals surface area contributed by atoms with Crippen molar-refractivity contribution < 1.29 is 35.9 Å². The second-order valence-corrected chi connectivity index (χ2v) is 5.75. The molecule has 1 aromatic rings. The molecule has 0 saturated carbocycles. The first-order valence-electron chi connectivity index (χ1n) is 13.6. The van der Waals surface area contributed by atoms with E-state index in [1.165, 1.54) is 19.2 Å². The number of likely N-dealkylation sites (N-methyl/N-ethyl adjacent to an activating group) is 1. The molecule has 0 bridgehead atoms. The Morgan fingerprint density at radius 1 is 1.46 bits per heavy atom. The molecule has 0 saturated heterocycles. The number of hydrogen-bond acceptors (Lipinski definition) is 4. The highest BCUT2D eigenvalue weighted by Crippen LogP contribution is 2.24. The minimum atomic E-state index is -3.72. The van der Waals surface area contributed by atoms with E-state index in [2.05, 4.69) is 0 Å². The fraction of sp³-hybridized carbons (Fsp3) is 0.526. The van der Waals surface area contributed by atoms with E-state index in [0.717, 1.165) is 7.05 Å². The summed E-state index contributed by atoms with van der Waals surface area (Å²) in [6.07, 6.45) is -3.82. The summed E-state index contributed by atoms with van der Waals surface area (Å²) in [6, 6.07) is -10.6. The van der Waals surface area contributed by atoms with Gasteiger partial charge in [0.05, 0.1) is 9.60 Å². The molecule has 1 heterocycles. The SMILES string of the molecule is [2H]c1c([2H])c([2H])c2c(c1[2H])CC([2H])([2H])N(C)C(=O)[C@@]2([2H])NC(=O)[C@@]([2H])(NC(=O)[C@@]([2H])(O)C(C)C)C([2H])([2H])[2H]. The predicted molar refractivity (Wildman–Crippen MR) is 97.1 cm³/mol. The molecule has 0 unspecified atom stereocenters. The van der Waals surface area contributed by atoms with E-state index >= 15 is 0 Å². The van der Waals surface area contributed by atoms with E-state index in [1.807, 2.05) is 0 Å². The fourth-order valence-corrected chi connectivity index (χ4v) is 2.02. The van der Waals surface area contributed by atoms with E-state index in [9.17, 15) is 19.5 Å². The average molecular weight is 374 g/mol. The molecular formula is C19H27N3O4. The van der Waals surface area contributed by atoms with E-state index in [0.29, 0.717) is 4.90 Å². The number of carbonyl (C=O) groups is 3. The molecule has 0 radical (unpaired) electrons. The van der Waals surface area contributed by atoms with Gasteiger partial charge in [-0.2, -0.15) is 0 Å². The molecule has 0 spiro atoms. The first-order chi connectivity index (χ1) is 16.9. The van der Waals surface area contributed by atoms with Gasteiger partial charge in [0.25, 0.3) is 0 Å². The van der Waals surface area contributed by atoms with E-state index in [1.54, 1.807) is 5.32 Å². The second-order valence-electron chi connectivity index (χ2n) is 5.75. The Labute approximate surface area is 170 Å². The summed E-state index contributed by atoms with van der Waals surface area (Å²) in [5.74, 6) is -6.48. The third-order valence-corrected chi connectivity index (χ3v) is 3.51. The summed E-state index contributed by atoms with van der Waals surface area (Å²) in [5.41, 5.74) is -1.43. The number of rotatable bonds is 5. The number of hydrogen-bond donors (Lipinski definition) is 3. The Hall–Kier alpha value is -2.41. The smallest absolute Gasteiger partial charge is 0.249 e. The maximum absolute atomic E-state index is 13.4. The summed E-state index contributed by atoms with van der Waals surface area (Å²) in [5, 5.41) is 13.2. The minimum Gasteiger partial charge on any atom is -0.383 e. The molecule has 26 heavy (non-hydrogen) atoms. The number of fused-ring (bicyclic) bond motifs is 1. The molecule has 0 aromatic heterocycles. The molecule has 1 aromatic carbocycles. The van der Waals surface area contributed by atoms with E-state index in [4.69, 9.17) is 16.4 Å². The van der Waals surface area contributed by atoms with Crippen molar-refractivity contribution in [1.82, 2.24) is 15.5 Å². The first-order valence-corrected chi connectivity index (χ1v) is 7.63. The third-order valence-electron chi connectivity index (χ3n) is 3.51. The molecule has 2 rings (SSSR count). The molecule has 3 atom stereocenters. The Balaban J connectivity index is 2.80. The lowest BCUT2D eigenvalue weighted by atomic mass is 9.99. The van der Waals surface area contributed by atoms with Gasteiger partial charge in [-0.25, -0.2) is 0 Å². The van der Waals surface area contributed by atoms with Crippen molar-refractivity contribution in [3.63, 3.8) is 0 Å². The van der Waals surface area contributed by atoms with Crippen LogP contribution in [-0.2, 0) is 20.8 Å². The number of aliphatic hydroxyl groups is 1. The highest BCUT2D eigenvalue weighted by Gasteiger charge is 2.32. The monoisotopic (exact) mass is 373 g/mol. The average Bonchev–Trinajstić information content (AvgIpc) is 2.83. The van der Waals surface area contributed by atoms with Crippen LogP contribution in [-0.4, -0.2) is 53.4 Å². The lowest BCUT2D eigenvalue weighted by Gasteiger charge is -2.24. The summed E-state index contributed by atoms with van der Waals surface area (Å²) >= 11 is 0. The lowest BCUT2D eigenvalue weighted by Crippen LogP contribution is -2.51. The number of nitrogens with zero attached hydrogens (tertiary/aromatic N) is 1. The van der Waals surface area contributed by atoms with Crippen LogP contribution in [0.4, 0.5) is 0 Å². The van der Waals surface area contributed by atoms with Gasteiger partial charge in [-0.3, -0.25) is 14.4 Å². The van der Waals surface area contributed by atoms with Crippen molar-refractivity contribution in [2.45, 2.75) is 45.2 Å². The Morgan fingerprint density at radius 2 is 2.15 bits per heavy atom. The van der Waals surface area contributed by atoms with Crippen LogP contribution >= 0.6 is 0 Å². The Kier molecular flexibility index (Phi) is 2.87. The van der Waals surface area contributed by atoms with E-state index < -0.39 is 96.8 Å². The van der Waals surface area contributed by atoms with Gasteiger partial charge >= 0.3 is 0 Å². The minimum absolute atomic E-state index is 0.354. The largest absolute Gasteiger partial charge is 0.383 e. The van der Waals surface area contributed by atoms with Crippen molar-refractivity contribution >= 4 is 17.7 Å². The van der Waals surface area contributed by atoms with Crippen LogP contribution in [0.5, 0.6) is 0 Å². The van der Waals surface area contributed by atoms with Gasteiger partial charge in [-0.05, 0) is 30.3 Å². The van der Waals surface area contributed by atoms with Gasteiger partial charge in [0.1, 0.15) is 18.1 Å². The second kappa shape index (κ2) is 8.31. The van der Waals surface area contributed by atoms with Gasteiger partial charge < -0.3 is 20.6 Å². The molecule has 1 aliphatic heterocycles. The molecule has 0 aliphatic carbocycles. The van der Waals surface area contributed by atoms with Crippen molar-refractivity contribution in [3.8, 4) is 0 Å². The normalized spacial score (nSPS) is 33.7. The van der Waals surface area contributed by atoms with E-state index in [-0.39, 0.29) is 0 Å². The lowest BCUT2D eigenvalue weighted by molar-refractivity contribution is -0.137. The van der Waals surface area contributed by atoms with Crippen LogP contribution in [0, 0.1) is 5.92 Å². The standard InChI is InChI=1S/C19H27N3O4/c1-11(2)16(23)18(25)20-12(3)17(24)21-15-14-8-6-5-7-13(14)9-10-22(4)19(15)26/h5-8,11-12,15-16,23H,9-10H2,1-4H3,(H,20,25)(H,21,24)/t12-,15-,16-/m0/s1/i3D3,5D,6D,7D,8D,10D2,12D,15D,16D.